The van der Waals surface area contributed by atoms with Crippen molar-refractivity contribution in [2.75, 3.05) is 0 Å². The average Bonchev–Trinajstić information content (AvgIpc) is 2.65. The monoisotopic (exact) mass is 366 g/mol. The molecule has 1 aliphatic heterocycles. The van der Waals surface area contributed by atoms with Crippen molar-refractivity contribution in [2.45, 2.75) is 111 Å². The summed E-state index contributed by atoms with van der Waals surface area (Å²) >= 11 is 0. The van der Waals surface area contributed by atoms with Crippen molar-refractivity contribution in [3.05, 3.63) is 11.5 Å². The van der Waals surface area contributed by atoms with E-state index in [9.17, 15) is 4.79 Å². The van der Waals surface area contributed by atoms with Gasteiger partial charge < -0.3 is 14.0 Å². The van der Waals surface area contributed by atoms with Crippen molar-refractivity contribution in [3.8, 4) is 0 Å². The molecule has 0 N–H and O–H groups in total. The van der Waals surface area contributed by atoms with Crippen LogP contribution < -0.4 is 0 Å². The smallest absolute Gasteiger partial charge is 0.460 e. The highest BCUT2D eigenvalue weighted by Crippen LogP contribution is 2.38. The van der Waals surface area contributed by atoms with Gasteiger partial charge in [0.2, 0.25) is 0 Å². The molecule has 150 valence electrons. The van der Waals surface area contributed by atoms with Crippen LogP contribution in [0.15, 0.2) is 11.5 Å². The molecule has 0 radical (unpaired) electrons. The topological polar surface area (TPSA) is 44.8 Å². The van der Waals surface area contributed by atoms with Crippen LogP contribution in [0.5, 0.6) is 0 Å². The first-order chi connectivity index (χ1) is 11.8. The maximum absolute atomic E-state index is 12.7. The van der Waals surface area contributed by atoms with Crippen molar-refractivity contribution < 1.29 is 18.8 Å². The Balaban J connectivity index is 3.04. The van der Waals surface area contributed by atoms with Crippen LogP contribution in [0.4, 0.5) is 0 Å². The lowest BCUT2D eigenvalue weighted by Gasteiger charge is -2.32. The Morgan fingerprint density at radius 1 is 1.08 bits per heavy atom. The predicted octanol–water partition coefficient (Wildman–Crippen LogP) is 5.49. The fourth-order valence-electron chi connectivity index (χ4n) is 3.04. The number of ether oxygens (including phenoxy) is 1. The predicted molar refractivity (Wildman–Crippen MR) is 108 cm³/mol. The molecule has 0 spiro atoms. The molecule has 1 saturated heterocycles. The zero-order chi connectivity index (χ0) is 20.2. The molecule has 0 amide bonds. The molecular formula is C21H39BO4. The summed E-state index contributed by atoms with van der Waals surface area (Å²) in [6.45, 7) is 18.1. The zero-order valence-electron chi connectivity index (χ0n) is 18.4. The Bertz CT molecular complexity index is 487. The largest absolute Gasteiger partial charge is 0.487 e. The van der Waals surface area contributed by atoms with E-state index in [2.05, 4.69) is 6.92 Å². The summed E-state index contributed by atoms with van der Waals surface area (Å²) in [5.74, 6) is 1.62. The number of esters is 1. The molecule has 0 aromatic rings. The van der Waals surface area contributed by atoms with E-state index in [1.54, 1.807) is 0 Å². The number of hydrogen-bond donors (Lipinski definition) is 0. The molecule has 0 bridgehead atoms. The molecule has 0 saturated carbocycles. The first-order valence-corrected chi connectivity index (χ1v) is 10.1. The number of carbonyl (C=O) groups excluding carboxylic acids is 1. The second-order valence-corrected chi connectivity index (χ2v) is 9.32. The van der Waals surface area contributed by atoms with Crippen LogP contribution in [0.25, 0.3) is 0 Å². The highest BCUT2D eigenvalue weighted by atomic mass is 16.7. The Hall–Kier alpha value is -0.805. The minimum absolute atomic E-state index is 0.153. The molecular weight excluding hydrogens is 327 g/mol. The molecule has 1 fully saturated rings. The maximum Gasteiger partial charge on any atom is 0.487 e. The third-order valence-electron chi connectivity index (χ3n) is 5.24. The summed E-state index contributed by atoms with van der Waals surface area (Å²) in [5.41, 5.74) is -0.163. The van der Waals surface area contributed by atoms with Gasteiger partial charge in [0.1, 0.15) is 5.60 Å². The molecule has 4 nitrogen and oxygen atoms in total. The SMILES string of the molecule is CCCCC/C(=C\B1OC(C)(C)C(C)(C)O1)[C@H](CC)C(=O)OC(C)(C)C. The van der Waals surface area contributed by atoms with Gasteiger partial charge in [-0.2, -0.15) is 0 Å². The third-order valence-corrected chi connectivity index (χ3v) is 5.24. The van der Waals surface area contributed by atoms with E-state index in [1.807, 2.05) is 61.4 Å². The molecule has 0 aromatic heterocycles. The fraction of sp³-hybridized carbons (Fsp3) is 0.857. The third kappa shape index (κ3) is 6.42. The second-order valence-electron chi connectivity index (χ2n) is 9.32. The Morgan fingerprint density at radius 3 is 2.04 bits per heavy atom. The van der Waals surface area contributed by atoms with E-state index in [4.69, 9.17) is 14.0 Å². The van der Waals surface area contributed by atoms with Gasteiger partial charge in [0.25, 0.3) is 0 Å². The molecule has 0 aliphatic carbocycles. The first kappa shape index (κ1) is 23.2. The van der Waals surface area contributed by atoms with E-state index in [-0.39, 0.29) is 23.1 Å². The summed E-state index contributed by atoms with van der Waals surface area (Å²) in [6.07, 6.45) is 4.93. The summed E-state index contributed by atoms with van der Waals surface area (Å²) in [7, 11) is -0.423. The van der Waals surface area contributed by atoms with Crippen LogP contribution in [0.2, 0.25) is 0 Å². The standard InChI is InChI=1S/C21H39BO4/c1-10-12-13-14-16(17(11-2)18(23)24-19(3,4)5)15-22-25-20(6,7)21(8,9)26-22/h15,17H,10-14H2,1-9H3/b16-15+/t17-/m0/s1. The van der Waals surface area contributed by atoms with E-state index in [0.717, 1.165) is 31.3 Å². The van der Waals surface area contributed by atoms with Crippen LogP contribution in [-0.4, -0.2) is 29.9 Å². The lowest BCUT2D eigenvalue weighted by atomic mass is 9.80. The van der Waals surface area contributed by atoms with Gasteiger partial charge in [-0.1, -0.05) is 38.2 Å². The molecule has 26 heavy (non-hydrogen) atoms. The number of rotatable bonds is 8. The van der Waals surface area contributed by atoms with E-state index in [1.165, 1.54) is 0 Å². The van der Waals surface area contributed by atoms with Crippen LogP contribution in [0.1, 0.15) is 94.4 Å². The van der Waals surface area contributed by atoms with Gasteiger partial charge in [0, 0.05) is 0 Å². The minimum atomic E-state index is -0.483. The van der Waals surface area contributed by atoms with Crippen molar-refractivity contribution in [3.63, 3.8) is 0 Å². The molecule has 0 aromatic carbocycles. The highest BCUT2D eigenvalue weighted by molar-refractivity contribution is 6.51. The quantitative estimate of drug-likeness (QED) is 0.324. The van der Waals surface area contributed by atoms with Crippen LogP contribution in [0, 0.1) is 5.92 Å². The summed E-state index contributed by atoms with van der Waals surface area (Å²) in [6, 6.07) is 0. The maximum atomic E-state index is 12.7. The lowest BCUT2D eigenvalue weighted by Crippen LogP contribution is -2.41. The first-order valence-electron chi connectivity index (χ1n) is 10.1. The molecule has 5 heteroatoms. The van der Waals surface area contributed by atoms with E-state index >= 15 is 0 Å². The van der Waals surface area contributed by atoms with Gasteiger partial charge in [0.15, 0.2) is 0 Å². The molecule has 1 atom stereocenters. The summed E-state index contributed by atoms with van der Waals surface area (Å²) in [5, 5.41) is 0. The lowest BCUT2D eigenvalue weighted by molar-refractivity contribution is -0.158. The van der Waals surface area contributed by atoms with E-state index < -0.39 is 12.7 Å². The average molecular weight is 366 g/mol. The summed E-state index contributed by atoms with van der Waals surface area (Å²) in [4.78, 5) is 12.7. The Morgan fingerprint density at radius 2 is 1.62 bits per heavy atom. The second kappa shape index (κ2) is 8.92. The number of unbranched alkanes of at least 4 members (excludes halogenated alkanes) is 2. The van der Waals surface area contributed by atoms with Crippen LogP contribution in [0.3, 0.4) is 0 Å². The van der Waals surface area contributed by atoms with Crippen LogP contribution >= 0.6 is 0 Å². The van der Waals surface area contributed by atoms with Gasteiger partial charge in [-0.25, -0.2) is 0 Å². The highest BCUT2D eigenvalue weighted by Gasteiger charge is 2.50. The van der Waals surface area contributed by atoms with Gasteiger partial charge in [-0.05, 0) is 67.7 Å². The van der Waals surface area contributed by atoms with Crippen molar-refractivity contribution in [1.82, 2.24) is 0 Å². The minimum Gasteiger partial charge on any atom is -0.460 e. The summed E-state index contributed by atoms with van der Waals surface area (Å²) < 4.78 is 17.9. The Labute approximate surface area is 161 Å². The number of hydrogen-bond acceptors (Lipinski definition) is 4. The Kier molecular flexibility index (Phi) is 7.97. The van der Waals surface area contributed by atoms with Crippen molar-refractivity contribution in [2.24, 2.45) is 5.92 Å². The zero-order valence-corrected chi connectivity index (χ0v) is 18.4. The molecule has 0 unspecified atom stereocenters. The van der Waals surface area contributed by atoms with Gasteiger partial charge >= 0.3 is 13.1 Å². The number of carbonyl (C=O) groups is 1. The van der Waals surface area contributed by atoms with Gasteiger partial charge in [-0.15, -0.1) is 0 Å². The van der Waals surface area contributed by atoms with Gasteiger partial charge in [-0.3, -0.25) is 4.79 Å². The molecule has 1 rings (SSSR count). The normalized spacial score (nSPS) is 21.0. The van der Waals surface area contributed by atoms with Crippen molar-refractivity contribution in [1.29, 1.82) is 0 Å². The molecule has 1 aliphatic rings. The molecule has 1 heterocycles. The van der Waals surface area contributed by atoms with E-state index in [0.29, 0.717) is 6.42 Å². The van der Waals surface area contributed by atoms with Crippen molar-refractivity contribution >= 4 is 13.1 Å². The van der Waals surface area contributed by atoms with Gasteiger partial charge in [0.05, 0.1) is 17.1 Å². The fourth-order valence-corrected chi connectivity index (χ4v) is 3.04. The van der Waals surface area contributed by atoms with Crippen LogP contribution in [-0.2, 0) is 18.8 Å².